The van der Waals surface area contributed by atoms with E-state index in [1.54, 1.807) is 26.8 Å². The fourth-order valence-electron chi connectivity index (χ4n) is 3.65. The maximum Gasteiger partial charge on any atom is 0.336 e. The first kappa shape index (κ1) is 21.6. The summed E-state index contributed by atoms with van der Waals surface area (Å²) in [7, 11) is 0. The van der Waals surface area contributed by atoms with Crippen LogP contribution >= 0.6 is 0 Å². The van der Waals surface area contributed by atoms with Gasteiger partial charge in [-0.25, -0.2) is 18.0 Å². The Morgan fingerprint density at radius 1 is 1.13 bits per heavy atom. The predicted octanol–water partition coefficient (Wildman–Crippen LogP) is 4.85. The fraction of sp³-hybridized carbons (Fsp3) is 0.304. The molecule has 30 heavy (non-hydrogen) atoms. The van der Waals surface area contributed by atoms with E-state index in [0.29, 0.717) is 0 Å². The van der Waals surface area contributed by atoms with Crippen LogP contribution in [0.1, 0.15) is 44.2 Å². The number of halogens is 3. The zero-order valence-electron chi connectivity index (χ0n) is 16.9. The molecule has 0 aromatic heterocycles. The van der Waals surface area contributed by atoms with E-state index >= 15 is 0 Å². The second kappa shape index (κ2) is 8.73. The van der Waals surface area contributed by atoms with Gasteiger partial charge in [0, 0.05) is 24.1 Å². The van der Waals surface area contributed by atoms with Crippen LogP contribution in [0.5, 0.6) is 0 Å². The van der Waals surface area contributed by atoms with Crippen LogP contribution in [0.3, 0.4) is 0 Å². The zero-order chi connectivity index (χ0) is 22.0. The number of nitrogens with zero attached hydrogens (tertiary/aromatic N) is 1. The number of rotatable bonds is 5. The smallest absolute Gasteiger partial charge is 0.336 e. The predicted molar refractivity (Wildman–Crippen MR) is 105 cm³/mol. The molecule has 0 saturated carbocycles. The Hall–Kier alpha value is -3.09. The fourth-order valence-corrected chi connectivity index (χ4v) is 3.65. The Labute approximate surface area is 173 Å². The summed E-state index contributed by atoms with van der Waals surface area (Å²) in [6, 6.07) is 8.94. The van der Waals surface area contributed by atoms with Gasteiger partial charge in [-0.15, -0.1) is 0 Å². The minimum Gasteiger partial charge on any atom is -0.460 e. The van der Waals surface area contributed by atoms with Crippen molar-refractivity contribution in [1.82, 2.24) is 4.90 Å². The highest BCUT2D eigenvalue weighted by molar-refractivity contribution is 5.96. The average molecular weight is 417 g/mol. The number of hydrogen-bond acceptors (Lipinski definition) is 3. The summed E-state index contributed by atoms with van der Waals surface area (Å²) in [6.45, 7) is 4.81. The Kier molecular flexibility index (Phi) is 6.29. The van der Waals surface area contributed by atoms with Crippen molar-refractivity contribution < 1.29 is 27.5 Å². The van der Waals surface area contributed by atoms with Crippen LogP contribution in [0.25, 0.3) is 0 Å². The van der Waals surface area contributed by atoms with Gasteiger partial charge in [0.25, 0.3) is 0 Å². The van der Waals surface area contributed by atoms with Gasteiger partial charge in [0.15, 0.2) is 0 Å². The molecule has 1 aliphatic heterocycles. The van der Waals surface area contributed by atoms with Gasteiger partial charge in [-0.3, -0.25) is 4.79 Å². The van der Waals surface area contributed by atoms with Crippen molar-refractivity contribution in [1.29, 1.82) is 0 Å². The van der Waals surface area contributed by atoms with Gasteiger partial charge >= 0.3 is 5.97 Å². The van der Waals surface area contributed by atoms with E-state index in [0.717, 1.165) is 18.2 Å². The van der Waals surface area contributed by atoms with Crippen molar-refractivity contribution in [3.05, 3.63) is 82.3 Å². The molecule has 0 radical (unpaired) electrons. The number of hydrogen-bond donors (Lipinski definition) is 0. The van der Waals surface area contributed by atoms with E-state index in [1.165, 1.54) is 23.1 Å². The number of carbonyl (C=O) groups excluding carboxylic acids is 2. The average Bonchev–Trinajstić information content (AvgIpc) is 2.63. The lowest BCUT2D eigenvalue weighted by atomic mass is 9.83. The molecule has 0 unspecified atom stereocenters. The molecule has 0 aliphatic carbocycles. The first-order valence-corrected chi connectivity index (χ1v) is 9.59. The summed E-state index contributed by atoms with van der Waals surface area (Å²) >= 11 is 0. The van der Waals surface area contributed by atoms with Gasteiger partial charge in [-0.1, -0.05) is 18.2 Å². The molecule has 158 valence electrons. The third-order valence-corrected chi connectivity index (χ3v) is 4.93. The van der Waals surface area contributed by atoms with E-state index in [9.17, 15) is 22.8 Å². The highest BCUT2D eigenvalue weighted by Crippen LogP contribution is 2.38. The van der Waals surface area contributed by atoms with Crippen LogP contribution < -0.4 is 0 Å². The van der Waals surface area contributed by atoms with Crippen LogP contribution in [-0.4, -0.2) is 22.9 Å². The van der Waals surface area contributed by atoms with E-state index in [1.807, 2.05) is 0 Å². The van der Waals surface area contributed by atoms with Crippen molar-refractivity contribution in [2.75, 3.05) is 0 Å². The van der Waals surface area contributed by atoms with E-state index in [4.69, 9.17) is 4.74 Å². The molecular weight excluding hydrogens is 395 g/mol. The standard InChI is InChI=1S/C23H22F3NO3/c1-13(2)30-23(29)22-14(3)27(12-15-8-16(24)10-17(25)9-15)21(28)11-19(22)18-6-4-5-7-20(18)26/h4-10,13,19H,11-12H2,1-3H3/t19-/m1/s1. The van der Waals surface area contributed by atoms with Crippen LogP contribution in [0.15, 0.2) is 53.7 Å². The Morgan fingerprint density at radius 2 is 1.77 bits per heavy atom. The molecule has 0 saturated heterocycles. The third kappa shape index (κ3) is 4.56. The second-order valence-corrected chi connectivity index (χ2v) is 7.49. The topological polar surface area (TPSA) is 46.6 Å². The van der Waals surface area contributed by atoms with Gasteiger partial charge < -0.3 is 9.64 Å². The summed E-state index contributed by atoms with van der Waals surface area (Å²) in [5, 5.41) is 0. The van der Waals surface area contributed by atoms with Gasteiger partial charge in [-0.2, -0.15) is 0 Å². The lowest BCUT2D eigenvalue weighted by molar-refractivity contribution is -0.143. The molecule has 1 heterocycles. The molecule has 2 aromatic rings. The molecule has 3 rings (SSSR count). The van der Waals surface area contributed by atoms with Crippen LogP contribution in [0.4, 0.5) is 13.2 Å². The number of ether oxygens (including phenoxy) is 1. The van der Waals surface area contributed by atoms with Crippen LogP contribution in [0, 0.1) is 17.5 Å². The van der Waals surface area contributed by atoms with Crippen LogP contribution in [0.2, 0.25) is 0 Å². The van der Waals surface area contributed by atoms with Crippen molar-refractivity contribution in [2.24, 2.45) is 0 Å². The number of esters is 1. The largest absolute Gasteiger partial charge is 0.460 e. The molecule has 0 bridgehead atoms. The lowest BCUT2D eigenvalue weighted by Gasteiger charge is -2.35. The summed E-state index contributed by atoms with van der Waals surface area (Å²) < 4.78 is 47.0. The van der Waals surface area contributed by atoms with E-state index in [-0.39, 0.29) is 41.3 Å². The van der Waals surface area contributed by atoms with Crippen molar-refractivity contribution >= 4 is 11.9 Å². The van der Waals surface area contributed by atoms with Crippen molar-refractivity contribution in [3.8, 4) is 0 Å². The number of carbonyl (C=O) groups is 2. The second-order valence-electron chi connectivity index (χ2n) is 7.49. The molecule has 7 heteroatoms. The lowest BCUT2D eigenvalue weighted by Crippen LogP contribution is -2.38. The Morgan fingerprint density at radius 3 is 2.37 bits per heavy atom. The van der Waals surface area contributed by atoms with Gasteiger partial charge in [0.05, 0.1) is 18.2 Å². The monoisotopic (exact) mass is 417 g/mol. The molecule has 2 aromatic carbocycles. The maximum atomic E-state index is 14.5. The SMILES string of the molecule is CC1=C(C(=O)OC(C)C)[C@@H](c2ccccc2F)CC(=O)N1Cc1cc(F)cc(F)c1. The first-order valence-electron chi connectivity index (χ1n) is 9.59. The zero-order valence-corrected chi connectivity index (χ0v) is 16.9. The minimum atomic E-state index is -0.814. The summed E-state index contributed by atoms with van der Waals surface area (Å²) in [4.78, 5) is 27.0. The highest BCUT2D eigenvalue weighted by Gasteiger charge is 2.38. The molecule has 1 aliphatic rings. The maximum absolute atomic E-state index is 14.5. The van der Waals surface area contributed by atoms with E-state index < -0.39 is 35.4 Å². The number of allylic oxidation sites excluding steroid dienone is 1. The summed E-state index contributed by atoms with van der Waals surface area (Å²) in [5.74, 6) is -3.91. The third-order valence-electron chi connectivity index (χ3n) is 4.93. The summed E-state index contributed by atoms with van der Waals surface area (Å²) in [5.41, 5.74) is 0.888. The normalized spacial score (nSPS) is 17.0. The highest BCUT2D eigenvalue weighted by atomic mass is 19.1. The molecule has 4 nitrogen and oxygen atoms in total. The van der Waals surface area contributed by atoms with E-state index in [2.05, 4.69) is 0 Å². The summed E-state index contributed by atoms with van der Waals surface area (Å²) in [6.07, 6.45) is -0.582. The molecule has 0 spiro atoms. The van der Waals surface area contributed by atoms with Crippen molar-refractivity contribution in [3.63, 3.8) is 0 Å². The Bertz CT molecular complexity index is 996. The van der Waals surface area contributed by atoms with Gasteiger partial charge in [-0.05, 0) is 50.1 Å². The molecule has 0 N–H and O–H groups in total. The van der Waals surface area contributed by atoms with Crippen LogP contribution in [-0.2, 0) is 20.9 Å². The molecule has 1 amide bonds. The molecule has 1 atom stereocenters. The number of amides is 1. The number of benzene rings is 2. The quantitative estimate of drug-likeness (QED) is 0.654. The van der Waals surface area contributed by atoms with Gasteiger partial charge in [0.2, 0.25) is 5.91 Å². The molecule has 0 fully saturated rings. The first-order chi connectivity index (χ1) is 14.2. The minimum absolute atomic E-state index is 0.123. The van der Waals surface area contributed by atoms with Gasteiger partial charge in [0.1, 0.15) is 17.5 Å². The Balaban J connectivity index is 2.07. The molecular formula is C23H22F3NO3. The van der Waals surface area contributed by atoms with Crippen molar-refractivity contribution in [2.45, 2.75) is 45.8 Å².